The van der Waals surface area contributed by atoms with E-state index in [0.29, 0.717) is 12.3 Å². The molecule has 2 aliphatic heterocycles. The van der Waals surface area contributed by atoms with Crippen LogP contribution in [-0.4, -0.2) is 24.7 Å². The monoisotopic (exact) mass is 225 g/mol. The van der Waals surface area contributed by atoms with Crippen LogP contribution in [0.1, 0.15) is 46.5 Å². The maximum absolute atomic E-state index is 11.8. The summed E-state index contributed by atoms with van der Waals surface area (Å²) in [5.74, 6) is 0.800. The molecule has 2 aliphatic rings. The molecule has 2 rings (SSSR count). The molecular weight excluding hydrogens is 202 g/mol. The van der Waals surface area contributed by atoms with Crippen LogP contribution in [0.2, 0.25) is 0 Å². The zero-order chi connectivity index (χ0) is 11.8. The van der Waals surface area contributed by atoms with Gasteiger partial charge in [-0.3, -0.25) is 4.79 Å². The Balaban J connectivity index is 2.30. The topological polar surface area (TPSA) is 38.3 Å². The molecule has 2 heterocycles. The highest BCUT2D eigenvalue weighted by molar-refractivity contribution is 5.81. The number of carbonyl (C=O) groups excluding carboxylic acids is 1. The van der Waals surface area contributed by atoms with E-state index >= 15 is 0 Å². The SMILES string of the molecule is CCC(C)C1(C)CC(=O)NC12CCOCC2. The molecule has 2 fully saturated rings. The lowest BCUT2D eigenvalue weighted by Crippen LogP contribution is -2.56. The zero-order valence-corrected chi connectivity index (χ0v) is 10.6. The van der Waals surface area contributed by atoms with Crippen molar-refractivity contribution in [2.75, 3.05) is 13.2 Å². The number of hydrogen-bond donors (Lipinski definition) is 1. The van der Waals surface area contributed by atoms with E-state index < -0.39 is 0 Å². The number of rotatable bonds is 2. The Kier molecular flexibility index (Phi) is 2.99. The van der Waals surface area contributed by atoms with Gasteiger partial charge in [0.2, 0.25) is 5.91 Å². The quantitative estimate of drug-likeness (QED) is 0.781. The molecule has 2 unspecified atom stereocenters. The first-order chi connectivity index (χ1) is 7.54. The van der Waals surface area contributed by atoms with Crippen LogP contribution in [0.25, 0.3) is 0 Å². The van der Waals surface area contributed by atoms with E-state index in [2.05, 4.69) is 26.1 Å². The lowest BCUT2D eigenvalue weighted by Gasteiger charge is -2.48. The maximum Gasteiger partial charge on any atom is 0.221 e. The van der Waals surface area contributed by atoms with Gasteiger partial charge in [-0.1, -0.05) is 27.2 Å². The minimum atomic E-state index is -0.00222. The van der Waals surface area contributed by atoms with Crippen molar-refractivity contribution in [2.45, 2.75) is 52.0 Å². The summed E-state index contributed by atoms with van der Waals surface area (Å²) in [7, 11) is 0. The fourth-order valence-corrected chi connectivity index (χ4v) is 3.47. The molecule has 3 nitrogen and oxygen atoms in total. The Morgan fingerprint density at radius 3 is 2.62 bits per heavy atom. The van der Waals surface area contributed by atoms with Gasteiger partial charge in [0.25, 0.3) is 0 Å². The van der Waals surface area contributed by atoms with Crippen LogP contribution in [0.4, 0.5) is 0 Å². The highest BCUT2D eigenvalue weighted by Gasteiger charge is 2.57. The first-order valence-corrected chi connectivity index (χ1v) is 6.43. The number of hydrogen-bond acceptors (Lipinski definition) is 2. The van der Waals surface area contributed by atoms with Gasteiger partial charge < -0.3 is 10.1 Å². The smallest absolute Gasteiger partial charge is 0.221 e. The third-order valence-electron chi connectivity index (χ3n) is 5.05. The van der Waals surface area contributed by atoms with E-state index in [1.165, 1.54) is 0 Å². The van der Waals surface area contributed by atoms with Crippen molar-refractivity contribution in [1.82, 2.24) is 5.32 Å². The largest absolute Gasteiger partial charge is 0.381 e. The van der Waals surface area contributed by atoms with Crippen molar-refractivity contribution in [3.8, 4) is 0 Å². The summed E-state index contributed by atoms with van der Waals surface area (Å²) >= 11 is 0. The molecule has 0 saturated carbocycles. The molecule has 2 atom stereocenters. The summed E-state index contributed by atoms with van der Waals surface area (Å²) in [4.78, 5) is 11.8. The van der Waals surface area contributed by atoms with Crippen molar-refractivity contribution < 1.29 is 9.53 Å². The minimum absolute atomic E-state index is 0.00222. The molecule has 0 aromatic heterocycles. The fourth-order valence-electron chi connectivity index (χ4n) is 3.47. The van der Waals surface area contributed by atoms with E-state index in [1.807, 2.05) is 0 Å². The fraction of sp³-hybridized carbons (Fsp3) is 0.923. The number of carbonyl (C=O) groups is 1. The van der Waals surface area contributed by atoms with Gasteiger partial charge in [-0.2, -0.15) is 0 Å². The van der Waals surface area contributed by atoms with E-state index in [0.717, 1.165) is 32.5 Å². The predicted octanol–water partition coefficient (Wildman–Crippen LogP) is 2.11. The highest BCUT2D eigenvalue weighted by atomic mass is 16.5. The Bertz CT molecular complexity index is 276. The van der Waals surface area contributed by atoms with Gasteiger partial charge in [0.05, 0.1) is 5.54 Å². The molecule has 1 spiro atoms. The Morgan fingerprint density at radius 2 is 2.06 bits per heavy atom. The second-order valence-electron chi connectivity index (χ2n) is 5.65. The summed E-state index contributed by atoms with van der Waals surface area (Å²) in [6.07, 6.45) is 3.76. The standard InChI is InChI=1S/C13H23NO2/c1-4-10(2)12(3)9-11(15)14-13(12)5-7-16-8-6-13/h10H,4-9H2,1-3H3,(H,14,15). The zero-order valence-electron chi connectivity index (χ0n) is 10.6. The third kappa shape index (κ3) is 1.56. The van der Waals surface area contributed by atoms with Crippen molar-refractivity contribution >= 4 is 5.91 Å². The van der Waals surface area contributed by atoms with E-state index in [-0.39, 0.29) is 16.9 Å². The van der Waals surface area contributed by atoms with E-state index in [1.54, 1.807) is 0 Å². The first kappa shape index (κ1) is 11.9. The van der Waals surface area contributed by atoms with Crippen LogP contribution in [-0.2, 0) is 9.53 Å². The van der Waals surface area contributed by atoms with Crippen LogP contribution >= 0.6 is 0 Å². The maximum atomic E-state index is 11.8. The Morgan fingerprint density at radius 1 is 1.44 bits per heavy atom. The van der Waals surface area contributed by atoms with Crippen molar-refractivity contribution in [3.63, 3.8) is 0 Å². The molecule has 16 heavy (non-hydrogen) atoms. The van der Waals surface area contributed by atoms with Gasteiger partial charge in [0, 0.05) is 25.0 Å². The summed E-state index contributed by atoms with van der Waals surface area (Å²) < 4.78 is 5.45. The van der Waals surface area contributed by atoms with E-state index in [4.69, 9.17) is 4.74 Å². The second-order valence-corrected chi connectivity index (χ2v) is 5.65. The molecule has 1 N–H and O–H groups in total. The summed E-state index contributed by atoms with van der Waals surface area (Å²) in [5.41, 5.74) is 0.0976. The predicted molar refractivity (Wildman–Crippen MR) is 63.1 cm³/mol. The van der Waals surface area contributed by atoms with Gasteiger partial charge in [-0.05, 0) is 18.8 Å². The van der Waals surface area contributed by atoms with Gasteiger partial charge >= 0.3 is 0 Å². The molecule has 2 saturated heterocycles. The molecule has 0 aromatic rings. The van der Waals surface area contributed by atoms with Crippen molar-refractivity contribution in [2.24, 2.45) is 11.3 Å². The molecule has 92 valence electrons. The Labute approximate surface area is 97.9 Å². The highest BCUT2D eigenvalue weighted by Crippen LogP contribution is 2.51. The first-order valence-electron chi connectivity index (χ1n) is 6.43. The minimum Gasteiger partial charge on any atom is -0.381 e. The summed E-state index contributed by atoms with van der Waals surface area (Å²) in [6, 6.07) is 0. The molecular formula is C13H23NO2. The van der Waals surface area contributed by atoms with Crippen molar-refractivity contribution in [1.29, 1.82) is 0 Å². The summed E-state index contributed by atoms with van der Waals surface area (Å²) in [6.45, 7) is 8.34. The average Bonchev–Trinajstić information content (AvgIpc) is 2.51. The molecule has 0 radical (unpaired) electrons. The lowest BCUT2D eigenvalue weighted by molar-refractivity contribution is -0.120. The van der Waals surface area contributed by atoms with Crippen LogP contribution in [0.5, 0.6) is 0 Å². The van der Waals surface area contributed by atoms with Gasteiger partial charge in [-0.15, -0.1) is 0 Å². The molecule has 0 aliphatic carbocycles. The summed E-state index contributed by atoms with van der Waals surface area (Å²) in [5, 5.41) is 3.26. The van der Waals surface area contributed by atoms with Crippen molar-refractivity contribution in [3.05, 3.63) is 0 Å². The third-order valence-corrected chi connectivity index (χ3v) is 5.05. The van der Waals surface area contributed by atoms with Crippen LogP contribution in [0.15, 0.2) is 0 Å². The number of nitrogens with one attached hydrogen (secondary N) is 1. The molecule has 0 bridgehead atoms. The van der Waals surface area contributed by atoms with Crippen LogP contribution in [0, 0.1) is 11.3 Å². The lowest BCUT2D eigenvalue weighted by atomic mass is 9.61. The number of ether oxygens (including phenoxy) is 1. The number of amides is 1. The van der Waals surface area contributed by atoms with Crippen LogP contribution < -0.4 is 5.32 Å². The van der Waals surface area contributed by atoms with Crippen LogP contribution in [0.3, 0.4) is 0 Å². The molecule has 3 heteroatoms. The average molecular weight is 225 g/mol. The Hall–Kier alpha value is -0.570. The molecule has 0 aromatic carbocycles. The second kappa shape index (κ2) is 4.02. The van der Waals surface area contributed by atoms with Gasteiger partial charge in [0.15, 0.2) is 0 Å². The molecule has 1 amide bonds. The van der Waals surface area contributed by atoms with E-state index in [9.17, 15) is 4.79 Å². The normalized spacial score (nSPS) is 35.1. The van der Waals surface area contributed by atoms with Gasteiger partial charge in [0.1, 0.15) is 0 Å². The van der Waals surface area contributed by atoms with Gasteiger partial charge in [-0.25, -0.2) is 0 Å².